The van der Waals surface area contributed by atoms with Crippen LogP contribution in [0.15, 0.2) is 12.3 Å². The number of ether oxygens (including phenoxy) is 1. The van der Waals surface area contributed by atoms with Gasteiger partial charge in [-0.25, -0.2) is 9.78 Å². The molecule has 0 unspecified atom stereocenters. The zero-order chi connectivity index (χ0) is 13.7. The van der Waals surface area contributed by atoms with Gasteiger partial charge in [0.05, 0.1) is 24.6 Å². The molecule has 0 saturated heterocycles. The number of nitrogens with zero attached hydrogens (tertiary/aromatic N) is 2. The van der Waals surface area contributed by atoms with E-state index < -0.39 is 5.97 Å². The molecular weight excluding hydrogens is 230 g/mol. The Morgan fingerprint density at radius 3 is 2.61 bits per heavy atom. The number of nitrogen functional groups attached to an aromatic ring is 1. The van der Waals surface area contributed by atoms with Crippen LogP contribution >= 0.6 is 0 Å². The van der Waals surface area contributed by atoms with Crippen LogP contribution in [0.5, 0.6) is 0 Å². The minimum Gasteiger partial charge on any atom is -0.465 e. The molecule has 0 atom stereocenters. The molecule has 1 aromatic heterocycles. The molecule has 1 rings (SSSR count). The molecule has 5 nitrogen and oxygen atoms in total. The summed E-state index contributed by atoms with van der Waals surface area (Å²) in [5.74, 6) is 0.299. The maximum absolute atomic E-state index is 11.6. The van der Waals surface area contributed by atoms with E-state index in [1.54, 1.807) is 6.07 Å². The molecule has 0 amide bonds. The molecule has 1 heterocycles. The van der Waals surface area contributed by atoms with Gasteiger partial charge in [-0.1, -0.05) is 13.8 Å². The summed E-state index contributed by atoms with van der Waals surface area (Å²) in [7, 11) is 3.31. The molecule has 0 spiro atoms. The van der Waals surface area contributed by atoms with E-state index in [9.17, 15) is 4.79 Å². The Kier molecular flexibility index (Phi) is 4.95. The van der Waals surface area contributed by atoms with E-state index in [0.29, 0.717) is 17.3 Å². The zero-order valence-electron chi connectivity index (χ0n) is 11.4. The van der Waals surface area contributed by atoms with Gasteiger partial charge in [0.1, 0.15) is 5.82 Å². The van der Waals surface area contributed by atoms with Crippen molar-refractivity contribution in [3.8, 4) is 0 Å². The lowest BCUT2D eigenvalue weighted by molar-refractivity contribution is 0.0602. The Morgan fingerprint density at radius 1 is 1.50 bits per heavy atom. The Morgan fingerprint density at radius 2 is 2.11 bits per heavy atom. The lowest BCUT2D eigenvalue weighted by Crippen LogP contribution is -2.31. The summed E-state index contributed by atoms with van der Waals surface area (Å²) in [4.78, 5) is 17.9. The molecule has 1 aromatic rings. The number of hydrogen-bond acceptors (Lipinski definition) is 5. The fraction of sp³-hybridized carbons (Fsp3) is 0.538. The maximum Gasteiger partial charge on any atom is 0.340 e. The van der Waals surface area contributed by atoms with Crippen LogP contribution in [0.4, 0.5) is 11.5 Å². The monoisotopic (exact) mass is 251 g/mol. The second-order valence-corrected chi connectivity index (χ2v) is 4.20. The Hall–Kier alpha value is -1.78. The van der Waals surface area contributed by atoms with Gasteiger partial charge in [-0.15, -0.1) is 0 Å². The zero-order valence-corrected chi connectivity index (χ0v) is 11.4. The van der Waals surface area contributed by atoms with Crippen molar-refractivity contribution in [2.75, 3.05) is 24.8 Å². The van der Waals surface area contributed by atoms with E-state index in [1.165, 1.54) is 13.3 Å². The Bertz CT molecular complexity index is 417. The number of rotatable bonds is 5. The summed E-state index contributed by atoms with van der Waals surface area (Å²) >= 11 is 0. The van der Waals surface area contributed by atoms with E-state index in [-0.39, 0.29) is 0 Å². The number of carbonyl (C=O) groups excluding carboxylic acids is 1. The van der Waals surface area contributed by atoms with Gasteiger partial charge in [0.15, 0.2) is 0 Å². The molecule has 0 aliphatic rings. The minimum atomic E-state index is -0.436. The van der Waals surface area contributed by atoms with Crippen LogP contribution in [0, 0.1) is 0 Å². The summed E-state index contributed by atoms with van der Waals surface area (Å²) in [5.41, 5.74) is 6.42. The SMILES string of the molecule is CCC(CC)N(C)c1cc(C(=O)OC)c(N)cn1. The summed E-state index contributed by atoms with van der Waals surface area (Å²) in [5, 5.41) is 0. The van der Waals surface area contributed by atoms with Crippen LogP contribution in [0.1, 0.15) is 37.0 Å². The number of nitrogens with two attached hydrogens (primary N) is 1. The lowest BCUT2D eigenvalue weighted by Gasteiger charge is -2.27. The highest BCUT2D eigenvalue weighted by Crippen LogP contribution is 2.21. The van der Waals surface area contributed by atoms with Crippen molar-refractivity contribution >= 4 is 17.5 Å². The van der Waals surface area contributed by atoms with Crippen molar-refractivity contribution in [2.45, 2.75) is 32.7 Å². The number of pyridine rings is 1. The molecule has 5 heteroatoms. The fourth-order valence-electron chi connectivity index (χ4n) is 1.96. The van der Waals surface area contributed by atoms with Gasteiger partial charge in [-0.05, 0) is 18.9 Å². The lowest BCUT2D eigenvalue weighted by atomic mass is 10.1. The number of anilines is 2. The highest BCUT2D eigenvalue weighted by atomic mass is 16.5. The third kappa shape index (κ3) is 2.91. The van der Waals surface area contributed by atoms with Gasteiger partial charge in [-0.3, -0.25) is 0 Å². The van der Waals surface area contributed by atoms with Crippen LogP contribution in [-0.2, 0) is 4.74 Å². The largest absolute Gasteiger partial charge is 0.465 e. The third-order valence-corrected chi connectivity index (χ3v) is 3.18. The van der Waals surface area contributed by atoms with Crippen LogP contribution in [0.3, 0.4) is 0 Å². The number of hydrogen-bond donors (Lipinski definition) is 1. The van der Waals surface area contributed by atoms with E-state index in [2.05, 4.69) is 23.7 Å². The molecule has 0 aliphatic carbocycles. The van der Waals surface area contributed by atoms with Crippen LogP contribution in [0.2, 0.25) is 0 Å². The highest BCUT2D eigenvalue weighted by Gasteiger charge is 2.16. The average Bonchev–Trinajstić information content (AvgIpc) is 2.39. The molecule has 0 aliphatic heterocycles. The second kappa shape index (κ2) is 6.23. The molecule has 0 fully saturated rings. The van der Waals surface area contributed by atoms with Gasteiger partial charge >= 0.3 is 5.97 Å². The predicted octanol–water partition coefficient (Wildman–Crippen LogP) is 2.08. The highest BCUT2D eigenvalue weighted by molar-refractivity contribution is 5.95. The third-order valence-electron chi connectivity index (χ3n) is 3.18. The summed E-state index contributed by atoms with van der Waals surface area (Å²) < 4.78 is 4.70. The Balaban J connectivity index is 3.07. The first kappa shape index (κ1) is 14.3. The number of methoxy groups -OCH3 is 1. The van der Waals surface area contributed by atoms with Gasteiger partial charge < -0.3 is 15.4 Å². The van der Waals surface area contributed by atoms with Crippen molar-refractivity contribution in [3.63, 3.8) is 0 Å². The summed E-state index contributed by atoms with van der Waals surface area (Å²) in [6.07, 6.45) is 3.54. The van der Waals surface area contributed by atoms with Crippen molar-refractivity contribution < 1.29 is 9.53 Å². The molecule has 18 heavy (non-hydrogen) atoms. The van der Waals surface area contributed by atoms with Gasteiger partial charge in [0.2, 0.25) is 0 Å². The van der Waals surface area contributed by atoms with Gasteiger partial charge in [0.25, 0.3) is 0 Å². The minimum absolute atomic E-state index is 0.337. The molecule has 0 radical (unpaired) electrons. The first-order valence-electron chi connectivity index (χ1n) is 6.11. The second-order valence-electron chi connectivity index (χ2n) is 4.20. The number of esters is 1. The van der Waals surface area contributed by atoms with E-state index in [0.717, 1.165) is 18.7 Å². The maximum atomic E-state index is 11.6. The number of carbonyl (C=O) groups is 1. The molecule has 0 bridgehead atoms. The first-order valence-corrected chi connectivity index (χ1v) is 6.11. The summed E-state index contributed by atoms with van der Waals surface area (Å²) in [6, 6.07) is 2.08. The van der Waals surface area contributed by atoms with Crippen molar-refractivity contribution in [1.29, 1.82) is 0 Å². The molecular formula is C13H21N3O2. The van der Waals surface area contributed by atoms with Gasteiger partial charge in [-0.2, -0.15) is 0 Å². The average molecular weight is 251 g/mol. The van der Waals surface area contributed by atoms with Crippen molar-refractivity contribution in [3.05, 3.63) is 17.8 Å². The number of aromatic nitrogens is 1. The van der Waals surface area contributed by atoms with Crippen LogP contribution in [-0.4, -0.2) is 31.2 Å². The van der Waals surface area contributed by atoms with Crippen LogP contribution in [0.25, 0.3) is 0 Å². The topological polar surface area (TPSA) is 68.5 Å². The van der Waals surface area contributed by atoms with Gasteiger partial charge in [0, 0.05) is 13.1 Å². The molecule has 0 saturated carbocycles. The molecule has 100 valence electrons. The van der Waals surface area contributed by atoms with E-state index in [4.69, 9.17) is 10.5 Å². The quantitative estimate of drug-likeness (QED) is 0.811. The molecule has 0 aromatic carbocycles. The fourth-order valence-corrected chi connectivity index (χ4v) is 1.96. The smallest absolute Gasteiger partial charge is 0.340 e. The molecule has 2 N–H and O–H groups in total. The van der Waals surface area contributed by atoms with E-state index >= 15 is 0 Å². The predicted molar refractivity (Wildman–Crippen MR) is 72.8 cm³/mol. The standard InChI is InChI=1S/C13H21N3O2/c1-5-9(6-2)16(3)12-7-10(13(17)18-4)11(14)8-15-12/h7-9H,5-6,14H2,1-4H3. The first-order chi connectivity index (χ1) is 8.54. The van der Waals surface area contributed by atoms with Crippen molar-refractivity contribution in [2.24, 2.45) is 0 Å². The van der Waals surface area contributed by atoms with E-state index in [1.807, 2.05) is 7.05 Å². The normalized spacial score (nSPS) is 10.5. The van der Waals surface area contributed by atoms with Crippen molar-refractivity contribution in [1.82, 2.24) is 4.98 Å². The van der Waals surface area contributed by atoms with Crippen LogP contribution < -0.4 is 10.6 Å². The Labute approximate surface area is 108 Å². The summed E-state index contributed by atoms with van der Waals surface area (Å²) in [6.45, 7) is 4.26.